The molecule has 0 fully saturated rings. The highest BCUT2D eigenvalue weighted by Gasteiger charge is 2.23. The molecule has 19 heavy (non-hydrogen) atoms. The molecule has 1 aromatic rings. The van der Waals surface area contributed by atoms with Gasteiger partial charge in [0.2, 0.25) is 0 Å². The average Bonchev–Trinajstić information content (AvgIpc) is 2.30. The lowest BCUT2D eigenvalue weighted by Crippen LogP contribution is -2.39. The number of carboxylic acids is 2. The van der Waals surface area contributed by atoms with E-state index in [4.69, 9.17) is 21.8 Å². The zero-order valence-corrected chi connectivity index (χ0v) is 10.2. The van der Waals surface area contributed by atoms with Crippen molar-refractivity contribution in [2.24, 2.45) is 0 Å². The van der Waals surface area contributed by atoms with Gasteiger partial charge in [0.15, 0.2) is 0 Å². The summed E-state index contributed by atoms with van der Waals surface area (Å²) in [6.07, 6.45) is 0. The van der Waals surface area contributed by atoms with Crippen LogP contribution >= 0.6 is 11.6 Å². The number of carboxylic acid groups (broad SMARTS) is 2. The fourth-order valence-corrected chi connectivity index (χ4v) is 1.57. The van der Waals surface area contributed by atoms with E-state index in [0.717, 1.165) is 6.07 Å². The summed E-state index contributed by atoms with van der Waals surface area (Å²) in [5.74, 6) is -4.59. The van der Waals surface area contributed by atoms with E-state index in [2.05, 4.69) is 0 Å². The van der Waals surface area contributed by atoms with Crippen LogP contribution in [0.1, 0.15) is 10.4 Å². The molecule has 0 aliphatic rings. The van der Waals surface area contributed by atoms with Crippen molar-refractivity contribution in [3.63, 3.8) is 0 Å². The van der Waals surface area contributed by atoms with Crippen LogP contribution in [0.25, 0.3) is 0 Å². The van der Waals surface area contributed by atoms with Crippen LogP contribution in [-0.2, 0) is 9.59 Å². The van der Waals surface area contributed by atoms with Gasteiger partial charge in [-0.05, 0) is 12.1 Å². The zero-order chi connectivity index (χ0) is 14.6. The molecule has 0 radical (unpaired) electrons. The number of benzene rings is 1. The molecule has 0 saturated heterocycles. The lowest BCUT2D eigenvalue weighted by molar-refractivity contribution is -0.140. The molecule has 0 aliphatic carbocycles. The number of halogens is 2. The summed E-state index contributed by atoms with van der Waals surface area (Å²) in [6.45, 7) is -1.64. The molecule has 0 aromatic heterocycles. The van der Waals surface area contributed by atoms with E-state index < -0.39 is 41.8 Å². The smallest absolute Gasteiger partial charge is 0.323 e. The molecule has 0 atom stereocenters. The first-order valence-electron chi connectivity index (χ1n) is 4.99. The standard InChI is InChI=1S/C11H9ClFNO5/c12-10-6(2-1-3-7(10)13)11(19)14(4-8(15)16)5-9(17)18/h1-3H,4-5H2,(H,15,16)(H,17,18). The zero-order valence-electron chi connectivity index (χ0n) is 9.47. The summed E-state index contributed by atoms with van der Waals surface area (Å²) < 4.78 is 13.2. The van der Waals surface area contributed by atoms with Crippen molar-refractivity contribution in [2.75, 3.05) is 13.1 Å². The van der Waals surface area contributed by atoms with Crippen LogP contribution in [0.15, 0.2) is 18.2 Å². The molecule has 102 valence electrons. The Morgan fingerprint density at radius 3 is 2.16 bits per heavy atom. The second kappa shape index (κ2) is 6.14. The average molecular weight is 290 g/mol. The second-order valence-corrected chi connectivity index (χ2v) is 3.93. The van der Waals surface area contributed by atoms with Gasteiger partial charge in [0.1, 0.15) is 18.9 Å². The molecular weight excluding hydrogens is 281 g/mol. The highest BCUT2D eigenvalue weighted by Crippen LogP contribution is 2.21. The van der Waals surface area contributed by atoms with E-state index in [1.54, 1.807) is 0 Å². The molecule has 1 aromatic carbocycles. The van der Waals surface area contributed by atoms with E-state index in [1.807, 2.05) is 0 Å². The summed E-state index contributed by atoms with van der Waals surface area (Å²) in [6, 6.07) is 3.43. The number of carbonyl (C=O) groups excluding carboxylic acids is 1. The molecule has 1 amide bonds. The van der Waals surface area contributed by atoms with Gasteiger partial charge < -0.3 is 15.1 Å². The number of rotatable bonds is 5. The number of amides is 1. The van der Waals surface area contributed by atoms with Crippen molar-refractivity contribution in [1.82, 2.24) is 4.90 Å². The fourth-order valence-electron chi connectivity index (χ4n) is 1.37. The molecule has 0 aliphatic heterocycles. The van der Waals surface area contributed by atoms with Crippen molar-refractivity contribution < 1.29 is 29.0 Å². The topological polar surface area (TPSA) is 94.9 Å². The van der Waals surface area contributed by atoms with Crippen molar-refractivity contribution in [1.29, 1.82) is 0 Å². The number of nitrogens with zero attached hydrogens (tertiary/aromatic N) is 1. The van der Waals surface area contributed by atoms with Crippen molar-refractivity contribution in [2.45, 2.75) is 0 Å². The van der Waals surface area contributed by atoms with Gasteiger partial charge in [-0.1, -0.05) is 17.7 Å². The lowest BCUT2D eigenvalue weighted by Gasteiger charge is -2.19. The largest absolute Gasteiger partial charge is 0.480 e. The third-order valence-corrected chi connectivity index (χ3v) is 2.51. The maximum atomic E-state index is 13.2. The molecule has 0 saturated carbocycles. The van der Waals surface area contributed by atoms with E-state index >= 15 is 0 Å². The van der Waals surface area contributed by atoms with Crippen LogP contribution in [0, 0.1) is 5.82 Å². The van der Waals surface area contributed by atoms with E-state index in [0.29, 0.717) is 4.90 Å². The van der Waals surface area contributed by atoms with Gasteiger partial charge in [0.25, 0.3) is 5.91 Å². The molecule has 0 spiro atoms. The first kappa shape index (κ1) is 14.9. The summed E-state index contributed by atoms with van der Waals surface area (Å²) in [4.78, 5) is 33.7. The van der Waals surface area contributed by atoms with Gasteiger partial charge in [-0.3, -0.25) is 14.4 Å². The summed E-state index contributed by atoms with van der Waals surface area (Å²) >= 11 is 5.59. The van der Waals surface area contributed by atoms with Crippen LogP contribution < -0.4 is 0 Å². The third kappa shape index (κ3) is 3.92. The highest BCUT2D eigenvalue weighted by atomic mass is 35.5. The second-order valence-electron chi connectivity index (χ2n) is 3.55. The van der Waals surface area contributed by atoms with Gasteiger partial charge in [0, 0.05) is 0 Å². The predicted octanol–water partition coefficient (Wildman–Crippen LogP) is 1.09. The van der Waals surface area contributed by atoms with E-state index in [1.165, 1.54) is 12.1 Å². The number of carbonyl (C=O) groups is 3. The van der Waals surface area contributed by atoms with E-state index in [-0.39, 0.29) is 5.56 Å². The Hall–Kier alpha value is -2.15. The maximum absolute atomic E-state index is 13.2. The summed E-state index contributed by atoms with van der Waals surface area (Å²) in [5.41, 5.74) is -0.288. The van der Waals surface area contributed by atoms with Crippen LogP contribution in [0.5, 0.6) is 0 Å². The first-order valence-corrected chi connectivity index (χ1v) is 5.37. The molecule has 0 heterocycles. The SMILES string of the molecule is O=C(O)CN(CC(=O)O)C(=O)c1cccc(F)c1Cl. The predicted molar refractivity (Wildman–Crippen MR) is 62.6 cm³/mol. The maximum Gasteiger partial charge on any atom is 0.323 e. The Morgan fingerprint density at radius 2 is 1.68 bits per heavy atom. The molecule has 8 heteroatoms. The highest BCUT2D eigenvalue weighted by molar-refractivity contribution is 6.34. The Kier molecular flexibility index (Phi) is 4.82. The monoisotopic (exact) mass is 289 g/mol. The number of hydrogen-bond donors (Lipinski definition) is 2. The fraction of sp³-hybridized carbons (Fsp3) is 0.182. The van der Waals surface area contributed by atoms with Gasteiger partial charge in [-0.15, -0.1) is 0 Å². The van der Waals surface area contributed by atoms with Crippen LogP contribution in [-0.4, -0.2) is 46.0 Å². The molecular formula is C11H9ClFNO5. The molecule has 0 unspecified atom stereocenters. The Labute approximate surface area is 112 Å². The lowest BCUT2D eigenvalue weighted by atomic mass is 10.2. The Morgan fingerprint density at radius 1 is 1.16 bits per heavy atom. The first-order chi connectivity index (χ1) is 8.82. The van der Waals surface area contributed by atoms with Crippen LogP contribution in [0.4, 0.5) is 4.39 Å². The van der Waals surface area contributed by atoms with Crippen molar-refractivity contribution in [3.8, 4) is 0 Å². The third-order valence-electron chi connectivity index (χ3n) is 2.12. The molecule has 6 nitrogen and oxygen atoms in total. The van der Waals surface area contributed by atoms with E-state index in [9.17, 15) is 18.8 Å². The normalized spacial score (nSPS) is 10.0. The quantitative estimate of drug-likeness (QED) is 0.846. The minimum absolute atomic E-state index is 0.288. The summed E-state index contributed by atoms with van der Waals surface area (Å²) in [5, 5.41) is 16.8. The number of aliphatic carboxylic acids is 2. The molecule has 1 rings (SSSR count). The molecule has 2 N–H and O–H groups in total. The van der Waals surface area contributed by atoms with Crippen molar-refractivity contribution >= 4 is 29.4 Å². The van der Waals surface area contributed by atoms with Gasteiger partial charge in [-0.25, -0.2) is 4.39 Å². The Balaban J connectivity index is 3.07. The minimum Gasteiger partial charge on any atom is -0.480 e. The molecule has 0 bridgehead atoms. The van der Waals surface area contributed by atoms with Gasteiger partial charge >= 0.3 is 11.9 Å². The van der Waals surface area contributed by atoms with Crippen LogP contribution in [0.3, 0.4) is 0 Å². The van der Waals surface area contributed by atoms with Gasteiger partial charge in [0.05, 0.1) is 10.6 Å². The minimum atomic E-state index is -1.39. The van der Waals surface area contributed by atoms with Crippen LogP contribution in [0.2, 0.25) is 5.02 Å². The summed E-state index contributed by atoms with van der Waals surface area (Å²) in [7, 11) is 0. The van der Waals surface area contributed by atoms with Crippen molar-refractivity contribution in [3.05, 3.63) is 34.6 Å². The number of hydrogen-bond acceptors (Lipinski definition) is 3. The van der Waals surface area contributed by atoms with Gasteiger partial charge in [-0.2, -0.15) is 0 Å². The Bertz CT molecular complexity index is 518.